The Hall–Kier alpha value is -4.60. The zero-order valence-electron chi connectivity index (χ0n) is 15.6. The number of amides is 1. The van der Waals surface area contributed by atoms with E-state index in [0.717, 1.165) is 12.1 Å². The van der Waals surface area contributed by atoms with Gasteiger partial charge in [0.05, 0.1) is 6.07 Å². The highest BCUT2D eigenvalue weighted by molar-refractivity contribution is 6.28. The Morgan fingerprint density at radius 2 is 1.58 bits per heavy atom. The van der Waals surface area contributed by atoms with Crippen molar-refractivity contribution in [3.63, 3.8) is 0 Å². The van der Waals surface area contributed by atoms with Crippen molar-refractivity contribution in [1.29, 1.82) is 0 Å². The predicted octanol–water partition coefficient (Wildman–Crippen LogP) is 2.76. The first kappa shape index (κ1) is 19.7. The molecule has 154 valence electrons. The molecule has 4 rings (SSSR count). The lowest BCUT2D eigenvalue weighted by molar-refractivity contribution is -0.402. The third kappa shape index (κ3) is 3.69. The van der Waals surface area contributed by atoms with E-state index in [2.05, 4.69) is 5.32 Å². The van der Waals surface area contributed by atoms with Crippen LogP contribution in [0.3, 0.4) is 0 Å². The summed E-state index contributed by atoms with van der Waals surface area (Å²) in [5.41, 5.74) is 1.22. The minimum atomic E-state index is -1.05. The number of hydrogen-bond acceptors (Lipinski definition) is 8. The van der Waals surface area contributed by atoms with Gasteiger partial charge in [0.2, 0.25) is 5.76 Å². The van der Waals surface area contributed by atoms with Crippen LogP contribution < -0.4 is 5.32 Å². The van der Waals surface area contributed by atoms with Crippen molar-refractivity contribution >= 4 is 35.0 Å². The van der Waals surface area contributed by atoms with Crippen LogP contribution in [0, 0.1) is 10.1 Å². The number of esters is 1. The summed E-state index contributed by atoms with van der Waals surface area (Å²) in [5.74, 6) is -3.45. The first-order chi connectivity index (χ1) is 14.8. The minimum absolute atomic E-state index is 0.154. The quantitative estimate of drug-likeness (QED) is 0.295. The second kappa shape index (κ2) is 7.67. The van der Waals surface area contributed by atoms with Gasteiger partial charge in [0.25, 0.3) is 5.91 Å². The number of ketones is 2. The molecule has 0 radical (unpaired) electrons. The third-order valence-corrected chi connectivity index (χ3v) is 4.52. The van der Waals surface area contributed by atoms with Crippen LogP contribution >= 0.6 is 0 Å². The van der Waals surface area contributed by atoms with Crippen molar-refractivity contribution < 1.29 is 33.3 Å². The fourth-order valence-corrected chi connectivity index (χ4v) is 3.11. The summed E-state index contributed by atoms with van der Waals surface area (Å²) in [6.45, 7) is -0.694. The molecule has 1 heterocycles. The van der Waals surface area contributed by atoms with Crippen molar-refractivity contribution in [2.45, 2.75) is 0 Å². The molecule has 1 aliphatic rings. The lowest BCUT2D eigenvalue weighted by Gasteiger charge is -2.18. The number of nitro groups is 1. The van der Waals surface area contributed by atoms with Gasteiger partial charge in [-0.2, -0.15) is 0 Å². The zero-order chi connectivity index (χ0) is 22.1. The van der Waals surface area contributed by atoms with Crippen LogP contribution in [0.4, 0.5) is 11.6 Å². The number of ether oxygens (including phenoxy) is 1. The highest BCUT2D eigenvalue weighted by atomic mass is 16.7. The largest absolute Gasteiger partial charge is 0.450 e. The normalized spacial score (nSPS) is 12.0. The van der Waals surface area contributed by atoms with Crippen molar-refractivity contribution in [3.8, 4) is 0 Å². The number of carbonyl (C=O) groups is 4. The van der Waals surface area contributed by atoms with Crippen LogP contribution in [0.1, 0.15) is 42.4 Å². The maximum absolute atomic E-state index is 12.7. The number of nitrogens with one attached hydrogen (secondary N) is 1. The molecule has 1 aliphatic carbocycles. The van der Waals surface area contributed by atoms with Crippen molar-refractivity contribution in [2.24, 2.45) is 0 Å². The maximum atomic E-state index is 12.7. The fourth-order valence-electron chi connectivity index (χ4n) is 3.11. The van der Waals surface area contributed by atoms with Crippen molar-refractivity contribution in [1.82, 2.24) is 0 Å². The van der Waals surface area contributed by atoms with Crippen LogP contribution in [-0.4, -0.2) is 35.0 Å². The molecule has 2 aromatic carbocycles. The number of carbonyl (C=O) groups excluding carboxylic acids is 4. The van der Waals surface area contributed by atoms with Gasteiger partial charge >= 0.3 is 11.9 Å². The van der Waals surface area contributed by atoms with Crippen LogP contribution in [0.25, 0.3) is 0 Å². The highest BCUT2D eigenvalue weighted by Crippen LogP contribution is 2.29. The molecule has 0 saturated carbocycles. The number of nitrogens with zero attached hydrogens (tertiary/aromatic N) is 1. The van der Waals surface area contributed by atoms with Crippen LogP contribution in [0.2, 0.25) is 0 Å². The summed E-state index contributed by atoms with van der Waals surface area (Å²) in [6, 6.07) is 12.8. The third-order valence-electron chi connectivity index (χ3n) is 4.52. The summed E-state index contributed by atoms with van der Waals surface area (Å²) in [4.78, 5) is 59.0. The maximum Gasteiger partial charge on any atom is 0.433 e. The molecule has 0 bridgehead atoms. The highest BCUT2D eigenvalue weighted by Gasteiger charge is 2.29. The number of hydrogen-bond donors (Lipinski definition) is 1. The Labute approximate surface area is 173 Å². The molecule has 1 aromatic heterocycles. The second-order valence-electron chi connectivity index (χ2n) is 6.48. The standard InChI is InChI=1S/C21H12N2O8/c24-17(10-30-21(27)16-7-8-18(31-16)23(28)29)22-11-5-6-14-15(9-11)20(26)13-4-2-1-3-12(13)19(14)25/h1-9H,10H2,(H,22,24). The average Bonchev–Trinajstić information content (AvgIpc) is 3.27. The Balaban J connectivity index is 1.43. The van der Waals surface area contributed by atoms with Crippen LogP contribution in [-0.2, 0) is 9.53 Å². The van der Waals surface area contributed by atoms with Gasteiger partial charge in [-0.05, 0) is 24.3 Å². The van der Waals surface area contributed by atoms with Gasteiger partial charge in [-0.3, -0.25) is 24.5 Å². The Kier molecular flexibility index (Phi) is 4.88. The number of rotatable bonds is 5. The van der Waals surface area contributed by atoms with E-state index < -0.39 is 35.1 Å². The molecule has 1 N–H and O–H groups in total. The number of fused-ring (bicyclic) bond motifs is 2. The second-order valence-corrected chi connectivity index (χ2v) is 6.48. The zero-order valence-corrected chi connectivity index (χ0v) is 15.6. The predicted molar refractivity (Wildman–Crippen MR) is 104 cm³/mol. The van der Waals surface area contributed by atoms with E-state index in [0.29, 0.717) is 5.56 Å². The monoisotopic (exact) mass is 420 g/mol. The number of benzene rings is 2. The molecule has 0 fully saturated rings. The molecule has 0 aliphatic heterocycles. The first-order valence-electron chi connectivity index (χ1n) is 8.89. The van der Waals surface area contributed by atoms with Gasteiger partial charge in [-0.25, -0.2) is 4.79 Å². The van der Waals surface area contributed by atoms with E-state index in [4.69, 9.17) is 9.15 Å². The fraction of sp³-hybridized carbons (Fsp3) is 0.0476. The molecule has 0 saturated heterocycles. The Morgan fingerprint density at radius 1 is 0.935 bits per heavy atom. The molecule has 1 amide bonds. The Morgan fingerprint density at radius 3 is 2.23 bits per heavy atom. The summed E-state index contributed by atoms with van der Waals surface area (Å²) < 4.78 is 9.46. The minimum Gasteiger partial charge on any atom is -0.450 e. The van der Waals surface area contributed by atoms with E-state index in [1.807, 2.05) is 0 Å². The lowest BCUT2D eigenvalue weighted by Crippen LogP contribution is -2.23. The molecule has 31 heavy (non-hydrogen) atoms. The van der Waals surface area contributed by atoms with Crippen molar-refractivity contribution in [3.05, 3.63) is 92.7 Å². The molecular weight excluding hydrogens is 408 g/mol. The van der Waals surface area contributed by atoms with Gasteiger partial charge in [0.1, 0.15) is 4.92 Å². The van der Waals surface area contributed by atoms with E-state index in [1.54, 1.807) is 24.3 Å². The lowest BCUT2D eigenvalue weighted by atomic mass is 9.84. The first-order valence-corrected chi connectivity index (χ1v) is 8.89. The van der Waals surface area contributed by atoms with Crippen LogP contribution in [0.15, 0.2) is 59.0 Å². The van der Waals surface area contributed by atoms with E-state index in [9.17, 15) is 29.3 Å². The summed E-state index contributed by atoms with van der Waals surface area (Å²) in [7, 11) is 0. The van der Waals surface area contributed by atoms with Gasteiger partial charge in [-0.15, -0.1) is 0 Å². The van der Waals surface area contributed by atoms with Crippen molar-refractivity contribution in [2.75, 3.05) is 11.9 Å². The number of anilines is 1. The van der Waals surface area contributed by atoms with Crippen LogP contribution in [0.5, 0.6) is 0 Å². The van der Waals surface area contributed by atoms with E-state index in [-0.39, 0.29) is 33.9 Å². The van der Waals surface area contributed by atoms with Gasteiger partial charge in [0.15, 0.2) is 18.2 Å². The van der Waals surface area contributed by atoms with E-state index in [1.165, 1.54) is 18.2 Å². The Bertz CT molecular complexity index is 1270. The van der Waals surface area contributed by atoms with Gasteiger partial charge in [0, 0.05) is 27.9 Å². The molecule has 0 spiro atoms. The molecular formula is C21H12N2O8. The molecule has 10 heteroatoms. The molecule has 0 unspecified atom stereocenters. The SMILES string of the molecule is O=C(COC(=O)c1ccc([N+](=O)[O-])o1)Nc1ccc2c(c1)C(=O)c1ccccc1C2=O. The summed E-state index contributed by atoms with van der Waals surface area (Å²) in [5, 5.41) is 13.0. The van der Waals surface area contributed by atoms with Gasteiger partial charge in [-0.1, -0.05) is 24.3 Å². The molecule has 0 atom stereocenters. The van der Waals surface area contributed by atoms with E-state index >= 15 is 0 Å². The van der Waals surface area contributed by atoms with Gasteiger partial charge < -0.3 is 14.5 Å². The smallest absolute Gasteiger partial charge is 0.433 e. The number of furan rings is 1. The summed E-state index contributed by atoms with van der Waals surface area (Å²) in [6.07, 6.45) is 0. The average molecular weight is 420 g/mol. The topological polar surface area (TPSA) is 146 Å². The molecule has 3 aromatic rings. The summed E-state index contributed by atoms with van der Waals surface area (Å²) >= 11 is 0. The molecule has 10 nitrogen and oxygen atoms in total.